The lowest BCUT2D eigenvalue weighted by atomic mass is 10.0. The number of quaternary nitrogens is 1. The topological polar surface area (TPSA) is 108 Å². The Morgan fingerprint density at radius 1 is 0.419 bits per heavy atom. The van der Waals surface area contributed by atoms with Crippen molar-refractivity contribution in [1.82, 2.24) is 0 Å². The summed E-state index contributed by atoms with van der Waals surface area (Å²) in [6, 6.07) is 0. The van der Waals surface area contributed by atoms with E-state index in [0.29, 0.717) is 23.9 Å². The SMILES string of the molecule is CCCCCCC/C=C\C/C=C\CCCCCCCCCCCCCC(=O)OC(COC(=O)CCCCCCCCCCCCCCCCCCCCCCCCCCCCC)COP(=O)(O)OCC[N+](C)(C)C. The zero-order valence-electron chi connectivity index (χ0n) is 49.9. The summed E-state index contributed by atoms with van der Waals surface area (Å²) >= 11 is 0. The minimum absolute atomic E-state index is 0.0341. The molecule has 2 atom stereocenters. The lowest BCUT2D eigenvalue weighted by Crippen LogP contribution is -2.37. The molecule has 0 rings (SSSR count). The van der Waals surface area contributed by atoms with Gasteiger partial charge in [0, 0.05) is 12.8 Å². The highest BCUT2D eigenvalue weighted by Crippen LogP contribution is 2.43. The maximum atomic E-state index is 12.8. The van der Waals surface area contributed by atoms with Gasteiger partial charge in [-0.1, -0.05) is 289 Å². The van der Waals surface area contributed by atoms with Crippen LogP contribution in [0.3, 0.4) is 0 Å². The van der Waals surface area contributed by atoms with E-state index in [1.807, 2.05) is 21.1 Å². The molecule has 0 amide bonds. The molecular weight excluding hydrogens is 942 g/mol. The second-order valence-corrected chi connectivity index (χ2v) is 24.6. The minimum Gasteiger partial charge on any atom is -0.462 e. The molecule has 0 heterocycles. The molecule has 0 aromatic rings. The fraction of sp³-hybridized carbons (Fsp3) is 0.906. The molecule has 0 fully saturated rings. The summed E-state index contributed by atoms with van der Waals surface area (Å²) in [5, 5.41) is 0. The summed E-state index contributed by atoms with van der Waals surface area (Å²) in [6.07, 6.45) is 68.3. The van der Waals surface area contributed by atoms with Gasteiger partial charge < -0.3 is 18.9 Å². The second-order valence-electron chi connectivity index (χ2n) is 23.2. The van der Waals surface area contributed by atoms with Crippen LogP contribution in [0.4, 0.5) is 0 Å². The molecule has 0 saturated heterocycles. The quantitative estimate of drug-likeness (QED) is 0.0211. The molecule has 438 valence electrons. The fourth-order valence-electron chi connectivity index (χ4n) is 9.52. The van der Waals surface area contributed by atoms with Gasteiger partial charge in [0.15, 0.2) is 6.10 Å². The van der Waals surface area contributed by atoms with Crippen LogP contribution in [-0.4, -0.2) is 74.9 Å². The maximum Gasteiger partial charge on any atom is 0.472 e. The molecular formula is C64H125NO8P+. The summed E-state index contributed by atoms with van der Waals surface area (Å²) in [5.41, 5.74) is 0. The van der Waals surface area contributed by atoms with Gasteiger partial charge in [0.2, 0.25) is 0 Å². The Hall–Kier alpha value is -1.51. The predicted molar refractivity (Wildman–Crippen MR) is 317 cm³/mol. The highest BCUT2D eigenvalue weighted by molar-refractivity contribution is 7.47. The summed E-state index contributed by atoms with van der Waals surface area (Å²) in [6.45, 7) is 4.49. The predicted octanol–water partition coefficient (Wildman–Crippen LogP) is 20.2. The van der Waals surface area contributed by atoms with Crippen molar-refractivity contribution in [3.05, 3.63) is 24.3 Å². The zero-order valence-corrected chi connectivity index (χ0v) is 50.8. The van der Waals surface area contributed by atoms with Crippen molar-refractivity contribution in [1.29, 1.82) is 0 Å². The highest BCUT2D eigenvalue weighted by Gasteiger charge is 2.27. The smallest absolute Gasteiger partial charge is 0.462 e. The van der Waals surface area contributed by atoms with E-state index in [9.17, 15) is 19.0 Å². The number of phosphoric acid groups is 1. The van der Waals surface area contributed by atoms with E-state index in [1.54, 1.807) is 0 Å². The number of allylic oxidation sites excluding steroid dienone is 4. The Morgan fingerprint density at radius 2 is 0.730 bits per heavy atom. The Kier molecular flexibility index (Phi) is 55.1. The molecule has 0 radical (unpaired) electrons. The van der Waals surface area contributed by atoms with Gasteiger partial charge in [0.1, 0.15) is 19.8 Å². The van der Waals surface area contributed by atoms with E-state index >= 15 is 0 Å². The average molecular weight is 1070 g/mol. The average Bonchev–Trinajstić information content (AvgIpc) is 3.36. The van der Waals surface area contributed by atoms with Crippen LogP contribution in [0.15, 0.2) is 24.3 Å². The van der Waals surface area contributed by atoms with Crippen molar-refractivity contribution in [2.45, 2.75) is 328 Å². The molecule has 2 unspecified atom stereocenters. The first-order chi connectivity index (χ1) is 36.0. The molecule has 0 spiro atoms. The van der Waals surface area contributed by atoms with Gasteiger partial charge in [0.05, 0.1) is 27.7 Å². The number of likely N-dealkylation sites (N-methyl/N-ethyl adjacent to an activating group) is 1. The normalized spacial score (nSPS) is 13.3. The third kappa shape index (κ3) is 59.7. The van der Waals surface area contributed by atoms with Gasteiger partial charge in [-0.15, -0.1) is 0 Å². The van der Waals surface area contributed by atoms with E-state index in [0.717, 1.165) is 38.5 Å². The Labute approximate surface area is 459 Å². The first kappa shape index (κ1) is 72.5. The van der Waals surface area contributed by atoms with Crippen LogP contribution in [-0.2, 0) is 32.7 Å². The number of hydrogen-bond donors (Lipinski definition) is 1. The van der Waals surface area contributed by atoms with Gasteiger partial charge in [-0.05, 0) is 44.9 Å². The summed E-state index contributed by atoms with van der Waals surface area (Å²) in [7, 11) is 1.49. The van der Waals surface area contributed by atoms with Crippen molar-refractivity contribution >= 4 is 19.8 Å². The minimum atomic E-state index is -4.39. The summed E-state index contributed by atoms with van der Waals surface area (Å²) < 4.78 is 34.7. The van der Waals surface area contributed by atoms with Crippen molar-refractivity contribution in [3.8, 4) is 0 Å². The molecule has 1 N–H and O–H groups in total. The van der Waals surface area contributed by atoms with Crippen LogP contribution in [0.25, 0.3) is 0 Å². The second kappa shape index (κ2) is 56.2. The van der Waals surface area contributed by atoms with E-state index in [4.69, 9.17) is 18.5 Å². The van der Waals surface area contributed by atoms with E-state index < -0.39 is 26.5 Å². The Balaban J connectivity index is 4.06. The number of unbranched alkanes of at least 4 members (excludes halogenated alkanes) is 42. The highest BCUT2D eigenvalue weighted by atomic mass is 31.2. The molecule has 9 nitrogen and oxygen atoms in total. The largest absolute Gasteiger partial charge is 0.472 e. The lowest BCUT2D eigenvalue weighted by Gasteiger charge is -2.24. The number of hydrogen-bond acceptors (Lipinski definition) is 7. The van der Waals surface area contributed by atoms with Crippen LogP contribution in [0.2, 0.25) is 0 Å². The van der Waals surface area contributed by atoms with E-state index in [1.165, 1.54) is 250 Å². The van der Waals surface area contributed by atoms with Crippen molar-refractivity contribution in [3.63, 3.8) is 0 Å². The third-order valence-corrected chi connectivity index (χ3v) is 15.5. The molecule has 0 aromatic heterocycles. The molecule has 0 aliphatic heterocycles. The van der Waals surface area contributed by atoms with Crippen molar-refractivity contribution in [2.24, 2.45) is 0 Å². The number of rotatable bonds is 60. The van der Waals surface area contributed by atoms with Gasteiger partial charge in [-0.2, -0.15) is 0 Å². The lowest BCUT2D eigenvalue weighted by molar-refractivity contribution is -0.870. The number of esters is 2. The summed E-state index contributed by atoms with van der Waals surface area (Å²) in [5.74, 6) is -0.780. The van der Waals surface area contributed by atoms with Gasteiger partial charge in [-0.3, -0.25) is 18.6 Å². The van der Waals surface area contributed by atoms with Gasteiger partial charge >= 0.3 is 19.8 Å². The van der Waals surface area contributed by atoms with E-state index in [-0.39, 0.29) is 25.6 Å². The number of phosphoric ester groups is 1. The molecule has 0 saturated carbocycles. The van der Waals surface area contributed by atoms with Crippen LogP contribution in [0.5, 0.6) is 0 Å². The van der Waals surface area contributed by atoms with Crippen LogP contribution in [0.1, 0.15) is 322 Å². The molecule has 0 aromatic carbocycles. The third-order valence-electron chi connectivity index (χ3n) is 14.5. The maximum absolute atomic E-state index is 12.8. The fourth-order valence-corrected chi connectivity index (χ4v) is 10.3. The van der Waals surface area contributed by atoms with Crippen molar-refractivity contribution in [2.75, 3.05) is 47.5 Å². The molecule has 0 aliphatic carbocycles. The monoisotopic (exact) mass is 1070 g/mol. The number of ether oxygens (including phenoxy) is 2. The zero-order chi connectivity index (χ0) is 54.2. The summed E-state index contributed by atoms with van der Waals surface area (Å²) in [4.78, 5) is 35.8. The molecule has 0 aliphatic rings. The first-order valence-corrected chi connectivity index (χ1v) is 33.6. The number of carbonyl (C=O) groups excluding carboxylic acids is 2. The molecule has 10 heteroatoms. The molecule has 74 heavy (non-hydrogen) atoms. The van der Waals surface area contributed by atoms with Crippen LogP contribution < -0.4 is 0 Å². The number of carbonyl (C=O) groups is 2. The van der Waals surface area contributed by atoms with Crippen molar-refractivity contribution < 1.29 is 42.1 Å². The molecule has 0 bridgehead atoms. The van der Waals surface area contributed by atoms with Gasteiger partial charge in [0.25, 0.3) is 0 Å². The number of nitrogens with zero attached hydrogens (tertiary/aromatic N) is 1. The van der Waals surface area contributed by atoms with Gasteiger partial charge in [-0.25, -0.2) is 4.57 Å². The Morgan fingerprint density at radius 3 is 1.07 bits per heavy atom. The Bertz CT molecular complexity index is 1300. The standard InChI is InChI=1S/C64H124NO8P/c1-6-8-10-12-14-16-18-20-22-24-26-28-30-31-32-33-35-36-38-40-42-44-46-48-50-52-54-56-63(66)70-60-62(61-72-74(68,69)71-59-58-65(3,4)5)73-64(67)57-55-53-51-49-47-45-43-41-39-37-34-29-27-25-23-21-19-17-15-13-11-9-7-2/h19,21,25,27,62H,6-18,20,22-24,26,28-61H2,1-5H3/p+1/b21-19-,27-25-. The first-order valence-electron chi connectivity index (χ1n) is 32.1. The van der Waals surface area contributed by atoms with Crippen LogP contribution in [0, 0.1) is 0 Å². The van der Waals surface area contributed by atoms with E-state index in [2.05, 4.69) is 38.2 Å². The van der Waals surface area contributed by atoms with Crippen LogP contribution >= 0.6 is 7.82 Å².